The van der Waals surface area contributed by atoms with Crippen molar-refractivity contribution < 1.29 is 14.6 Å². The van der Waals surface area contributed by atoms with Crippen LogP contribution >= 0.6 is 0 Å². The number of aliphatic hydroxyl groups is 1. The fourth-order valence-electron chi connectivity index (χ4n) is 4.13. The molecule has 1 atom stereocenters. The largest absolute Gasteiger partial charge is 0.495 e. The molecule has 0 saturated carbocycles. The molecule has 3 aromatic carbocycles. The van der Waals surface area contributed by atoms with Gasteiger partial charge in [0.05, 0.1) is 30.0 Å². The Morgan fingerprint density at radius 3 is 2.27 bits per heavy atom. The number of fused-ring (bicyclic) bond motifs is 1. The minimum Gasteiger partial charge on any atom is -0.495 e. The van der Waals surface area contributed by atoms with Gasteiger partial charge in [-0.1, -0.05) is 73.7 Å². The van der Waals surface area contributed by atoms with Crippen molar-refractivity contribution in [1.82, 2.24) is 4.98 Å². The average molecular weight is 440 g/mol. The van der Waals surface area contributed by atoms with E-state index in [9.17, 15) is 9.90 Å². The molecule has 0 fully saturated rings. The van der Waals surface area contributed by atoms with E-state index in [-0.39, 0.29) is 5.78 Å². The Labute approximate surface area is 194 Å². The maximum atomic E-state index is 12.5. The van der Waals surface area contributed by atoms with E-state index in [1.807, 2.05) is 61.5 Å². The van der Waals surface area contributed by atoms with Crippen LogP contribution in [0.3, 0.4) is 0 Å². The predicted octanol–water partition coefficient (Wildman–Crippen LogP) is 6.24. The number of hydrogen-bond donors (Lipinski definition) is 1. The molecule has 0 radical (unpaired) electrons. The minimum atomic E-state index is -0.417. The summed E-state index contributed by atoms with van der Waals surface area (Å²) < 4.78 is 5.97. The molecule has 1 N–H and O–H groups in total. The van der Waals surface area contributed by atoms with Gasteiger partial charge in [-0.25, -0.2) is 4.98 Å². The third-order valence-corrected chi connectivity index (χ3v) is 5.94. The van der Waals surface area contributed by atoms with Crippen molar-refractivity contribution in [2.45, 2.75) is 38.7 Å². The van der Waals surface area contributed by atoms with Crippen molar-refractivity contribution in [3.8, 4) is 28.1 Å². The number of rotatable bonds is 9. The van der Waals surface area contributed by atoms with Gasteiger partial charge in [-0.05, 0) is 36.1 Å². The molecule has 4 aromatic rings. The number of benzene rings is 3. The van der Waals surface area contributed by atoms with Gasteiger partial charge >= 0.3 is 0 Å². The van der Waals surface area contributed by atoms with Crippen LogP contribution in [-0.2, 0) is 11.2 Å². The molecule has 0 amide bonds. The Bertz CT molecular complexity index is 1240. The molecule has 0 spiro atoms. The van der Waals surface area contributed by atoms with E-state index in [1.54, 1.807) is 7.11 Å². The van der Waals surface area contributed by atoms with Gasteiger partial charge in [-0.15, -0.1) is 0 Å². The number of carbonyl (C=O) groups excluding carboxylic acids is 1. The molecule has 0 saturated heterocycles. The first-order chi connectivity index (χ1) is 16.1. The van der Waals surface area contributed by atoms with Crippen LogP contribution in [0.25, 0.3) is 33.3 Å². The number of methoxy groups -OCH3 is 1. The molecule has 33 heavy (non-hydrogen) atoms. The average Bonchev–Trinajstić information content (AvgIpc) is 2.87. The number of Topliss-reactive ketones (excluding diaryl/α,β-unsaturated/α-hetero) is 1. The molecule has 1 aromatic heterocycles. The fourth-order valence-corrected chi connectivity index (χ4v) is 4.13. The number of pyridine rings is 1. The Morgan fingerprint density at radius 1 is 0.970 bits per heavy atom. The van der Waals surface area contributed by atoms with E-state index >= 15 is 0 Å². The number of hydrogen-bond acceptors (Lipinski definition) is 4. The summed E-state index contributed by atoms with van der Waals surface area (Å²) in [5.74, 6) is 0.874. The SMILES string of the molecule is CC[C@@H](O)CCC(=O)Cc1ccc2nc(-c3ccccc3)c(-c3ccccc3)c(OC)c2c1. The van der Waals surface area contributed by atoms with E-state index in [4.69, 9.17) is 9.72 Å². The third kappa shape index (κ3) is 5.12. The highest BCUT2D eigenvalue weighted by molar-refractivity contribution is 5.99. The Balaban J connectivity index is 1.81. The Morgan fingerprint density at radius 2 is 1.64 bits per heavy atom. The zero-order valence-corrected chi connectivity index (χ0v) is 19.1. The van der Waals surface area contributed by atoms with Gasteiger partial charge in [0.2, 0.25) is 0 Å². The van der Waals surface area contributed by atoms with Gasteiger partial charge in [0.25, 0.3) is 0 Å². The zero-order chi connectivity index (χ0) is 23.2. The van der Waals surface area contributed by atoms with Crippen LogP contribution in [0.15, 0.2) is 78.9 Å². The van der Waals surface area contributed by atoms with Crippen molar-refractivity contribution in [1.29, 1.82) is 0 Å². The number of aromatic nitrogens is 1. The maximum Gasteiger partial charge on any atom is 0.138 e. The van der Waals surface area contributed by atoms with Crippen molar-refractivity contribution in [3.63, 3.8) is 0 Å². The zero-order valence-electron chi connectivity index (χ0n) is 19.1. The smallest absolute Gasteiger partial charge is 0.138 e. The highest BCUT2D eigenvalue weighted by Gasteiger charge is 2.19. The van der Waals surface area contributed by atoms with Gasteiger partial charge in [-0.2, -0.15) is 0 Å². The van der Waals surface area contributed by atoms with E-state index in [0.29, 0.717) is 25.7 Å². The summed E-state index contributed by atoms with van der Waals surface area (Å²) in [6.45, 7) is 1.92. The molecule has 4 heteroatoms. The lowest BCUT2D eigenvalue weighted by molar-refractivity contribution is -0.119. The summed E-state index contributed by atoms with van der Waals surface area (Å²) in [7, 11) is 1.68. The summed E-state index contributed by atoms with van der Waals surface area (Å²) in [6.07, 6.45) is 1.46. The quantitative estimate of drug-likeness (QED) is 0.335. The summed E-state index contributed by atoms with van der Waals surface area (Å²) in [4.78, 5) is 17.5. The van der Waals surface area contributed by atoms with Crippen LogP contribution in [0.4, 0.5) is 0 Å². The number of ketones is 1. The topological polar surface area (TPSA) is 59.4 Å². The Kier molecular flexibility index (Phi) is 7.16. The van der Waals surface area contributed by atoms with Crippen LogP contribution in [-0.4, -0.2) is 29.1 Å². The first kappa shape index (κ1) is 22.7. The Hall–Kier alpha value is -3.50. The van der Waals surface area contributed by atoms with Gasteiger partial charge in [-0.3, -0.25) is 4.79 Å². The number of ether oxygens (including phenoxy) is 1. The molecule has 168 valence electrons. The third-order valence-electron chi connectivity index (χ3n) is 5.94. The summed E-state index contributed by atoms with van der Waals surface area (Å²) in [6, 6.07) is 26.2. The van der Waals surface area contributed by atoms with Crippen LogP contribution < -0.4 is 4.74 Å². The van der Waals surface area contributed by atoms with Crippen molar-refractivity contribution in [2.75, 3.05) is 7.11 Å². The number of carbonyl (C=O) groups is 1. The van der Waals surface area contributed by atoms with Crippen molar-refractivity contribution in [2.24, 2.45) is 0 Å². The second-order valence-electron chi connectivity index (χ2n) is 8.27. The van der Waals surface area contributed by atoms with Crippen molar-refractivity contribution in [3.05, 3.63) is 84.4 Å². The molecule has 4 rings (SSSR count). The maximum absolute atomic E-state index is 12.5. The molecular formula is C29H29NO3. The van der Waals surface area contributed by atoms with Gasteiger partial charge in [0.15, 0.2) is 0 Å². The van der Waals surface area contributed by atoms with Crippen LogP contribution in [0.1, 0.15) is 31.7 Å². The minimum absolute atomic E-state index is 0.123. The summed E-state index contributed by atoms with van der Waals surface area (Å²) >= 11 is 0. The normalized spacial score (nSPS) is 12.0. The lowest BCUT2D eigenvalue weighted by Gasteiger charge is -2.17. The molecule has 1 heterocycles. The van der Waals surface area contributed by atoms with E-state index in [1.165, 1.54) is 0 Å². The number of aliphatic hydroxyl groups excluding tert-OH is 1. The standard InChI is InChI=1S/C29H29NO3/c1-3-23(31)15-16-24(32)18-20-14-17-26-25(19-20)29(33-2)27(21-10-6-4-7-11-21)28(30-26)22-12-8-5-9-13-22/h4-14,17,19,23,31H,3,15-16,18H2,1-2H3/t23-/m1/s1. The summed E-state index contributed by atoms with van der Waals surface area (Å²) in [5.41, 5.74) is 5.59. The molecule has 0 aliphatic carbocycles. The fraction of sp³-hybridized carbons (Fsp3) is 0.241. The highest BCUT2D eigenvalue weighted by Crippen LogP contribution is 2.42. The molecule has 0 aliphatic heterocycles. The van der Waals surface area contributed by atoms with Gasteiger partial charge in [0.1, 0.15) is 11.5 Å². The molecule has 0 unspecified atom stereocenters. The molecule has 0 aliphatic rings. The highest BCUT2D eigenvalue weighted by atomic mass is 16.5. The second kappa shape index (κ2) is 10.4. The van der Waals surface area contributed by atoms with E-state index < -0.39 is 6.10 Å². The first-order valence-corrected chi connectivity index (χ1v) is 11.4. The lowest BCUT2D eigenvalue weighted by atomic mass is 9.94. The van der Waals surface area contributed by atoms with Gasteiger partial charge < -0.3 is 9.84 Å². The van der Waals surface area contributed by atoms with Crippen LogP contribution in [0.2, 0.25) is 0 Å². The lowest BCUT2D eigenvalue weighted by Crippen LogP contribution is -2.10. The monoisotopic (exact) mass is 439 g/mol. The molecule has 0 bridgehead atoms. The predicted molar refractivity (Wildman–Crippen MR) is 133 cm³/mol. The molecule has 4 nitrogen and oxygen atoms in total. The number of nitrogens with zero attached hydrogens (tertiary/aromatic N) is 1. The van der Waals surface area contributed by atoms with Crippen LogP contribution in [0, 0.1) is 0 Å². The molecular weight excluding hydrogens is 410 g/mol. The summed E-state index contributed by atoms with van der Waals surface area (Å²) in [5, 5.41) is 10.6. The van der Waals surface area contributed by atoms with Crippen LogP contribution in [0.5, 0.6) is 5.75 Å². The second-order valence-corrected chi connectivity index (χ2v) is 8.27. The first-order valence-electron chi connectivity index (χ1n) is 11.4. The van der Waals surface area contributed by atoms with Gasteiger partial charge in [0, 0.05) is 23.8 Å². The van der Waals surface area contributed by atoms with E-state index in [2.05, 4.69) is 24.3 Å². The van der Waals surface area contributed by atoms with Crippen molar-refractivity contribution >= 4 is 16.7 Å². The van der Waals surface area contributed by atoms with E-state index in [0.717, 1.165) is 44.6 Å².